The quantitative estimate of drug-likeness (QED) is 0.109. The monoisotopic (exact) mass is 969 g/mol. The van der Waals surface area contributed by atoms with Crippen molar-refractivity contribution in [2.24, 2.45) is 23.7 Å². The van der Waals surface area contributed by atoms with Gasteiger partial charge in [-0.25, -0.2) is 0 Å². The van der Waals surface area contributed by atoms with Gasteiger partial charge in [0, 0.05) is 75.1 Å². The molecule has 384 valence electrons. The van der Waals surface area contributed by atoms with Crippen molar-refractivity contribution >= 4 is 22.7 Å². The highest BCUT2D eigenvalue weighted by Gasteiger charge is 2.22. The molecule has 4 saturated heterocycles. The summed E-state index contributed by atoms with van der Waals surface area (Å²) in [5.41, 5.74) is 8.05. The molecule has 4 heterocycles. The number of anilines is 4. The summed E-state index contributed by atoms with van der Waals surface area (Å²) in [4.78, 5) is 9.79. The average Bonchev–Trinajstić information content (AvgIpc) is 3.46. The van der Waals surface area contributed by atoms with Gasteiger partial charge in [0.15, 0.2) is 0 Å². The Morgan fingerprint density at radius 1 is 0.306 bits per heavy atom. The molecule has 0 atom stereocenters. The van der Waals surface area contributed by atoms with E-state index in [0.717, 1.165) is 45.9 Å². The smallest absolute Gasteiger partial charge is 0.0991 e. The molecule has 8 heteroatoms. The summed E-state index contributed by atoms with van der Waals surface area (Å²) in [6.07, 6.45) is 26.9. The van der Waals surface area contributed by atoms with Crippen molar-refractivity contribution < 1.29 is 0 Å². The van der Waals surface area contributed by atoms with Crippen LogP contribution in [0.2, 0.25) is 0 Å². The van der Waals surface area contributed by atoms with Crippen LogP contribution in [0.3, 0.4) is 0 Å². The first-order valence-corrected chi connectivity index (χ1v) is 28.3. The Kier molecular flexibility index (Phi) is 26.0. The number of piperidine rings is 4. The third-order valence-corrected chi connectivity index (χ3v) is 15.8. The Bertz CT molecular complexity index is 1900. The van der Waals surface area contributed by atoms with Crippen LogP contribution in [0.25, 0.3) is 0 Å². The van der Waals surface area contributed by atoms with Gasteiger partial charge in [0.25, 0.3) is 0 Å². The second-order valence-electron chi connectivity index (χ2n) is 20.9. The lowest BCUT2D eigenvalue weighted by atomic mass is 9.91. The standard InChI is InChI=1S/4C16H22N2/c4*1-2-3-4-14-9-11-18(12-10-14)16-7-5-15(13-17)6-8-16/h4*5-8,14H,2-4,9-12H2,1H3. The molecule has 72 heavy (non-hydrogen) atoms. The number of unbranched alkanes of at least 4 members (excludes halogenated alkanes) is 4. The van der Waals surface area contributed by atoms with Crippen LogP contribution in [-0.2, 0) is 0 Å². The molecule has 0 N–H and O–H groups in total. The predicted molar refractivity (Wildman–Crippen MR) is 302 cm³/mol. The molecule has 4 aliphatic heterocycles. The molecule has 0 aromatic heterocycles. The van der Waals surface area contributed by atoms with Gasteiger partial charge in [0.05, 0.1) is 46.5 Å². The van der Waals surface area contributed by atoms with E-state index in [2.05, 4.69) is 120 Å². The molecule has 4 fully saturated rings. The minimum atomic E-state index is 0.747. The minimum Gasteiger partial charge on any atom is -0.372 e. The van der Waals surface area contributed by atoms with Crippen LogP contribution in [0.4, 0.5) is 22.7 Å². The van der Waals surface area contributed by atoms with Crippen molar-refractivity contribution in [3.05, 3.63) is 119 Å². The predicted octanol–water partition coefficient (Wildman–Crippen LogP) is 15.9. The van der Waals surface area contributed by atoms with Gasteiger partial charge in [0.1, 0.15) is 0 Å². The summed E-state index contributed by atoms with van der Waals surface area (Å²) in [6, 6.07) is 40.6. The Morgan fingerprint density at radius 3 is 0.611 bits per heavy atom. The van der Waals surface area contributed by atoms with Crippen LogP contribution in [0.5, 0.6) is 0 Å². The number of nitrogens with zero attached hydrogens (tertiary/aromatic N) is 8. The maximum Gasteiger partial charge on any atom is 0.0991 e. The number of nitriles is 4. The largest absolute Gasteiger partial charge is 0.372 e. The highest BCUT2D eigenvalue weighted by molar-refractivity contribution is 5.52. The van der Waals surface area contributed by atoms with Crippen LogP contribution in [-0.4, -0.2) is 52.4 Å². The van der Waals surface area contributed by atoms with E-state index in [4.69, 9.17) is 21.0 Å². The van der Waals surface area contributed by atoms with E-state index in [0.29, 0.717) is 0 Å². The number of benzene rings is 4. The number of hydrogen-bond donors (Lipinski definition) is 0. The first kappa shape index (κ1) is 56.9. The van der Waals surface area contributed by atoms with Gasteiger partial charge < -0.3 is 19.6 Å². The topological polar surface area (TPSA) is 108 Å². The fraction of sp³-hybridized carbons (Fsp3) is 0.562. The van der Waals surface area contributed by atoms with E-state index in [9.17, 15) is 0 Å². The zero-order valence-corrected chi connectivity index (χ0v) is 44.9. The lowest BCUT2D eigenvalue weighted by molar-refractivity contribution is 0.371. The third kappa shape index (κ3) is 19.6. The summed E-state index contributed by atoms with van der Waals surface area (Å²) < 4.78 is 0. The van der Waals surface area contributed by atoms with E-state index in [1.807, 2.05) is 48.5 Å². The van der Waals surface area contributed by atoms with Crippen molar-refractivity contribution in [2.75, 3.05) is 72.0 Å². The van der Waals surface area contributed by atoms with Crippen molar-refractivity contribution in [3.8, 4) is 24.3 Å². The van der Waals surface area contributed by atoms with E-state index >= 15 is 0 Å². The molecule has 0 spiro atoms. The molecule has 8 rings (SSSR count). The Labute approximate surface area is 437 Å². The molecule has 8 nitrogen and oxygen atoms in total. The van der Waals surface area contributed by atoms with E-state index < -0.39 is 0 Å². The van der Waals surface area contributed by atoms with E-state index in [1.165, 1.54) is 204 Å². The maximum absolute atomic E-state index is 8.79. The molecule has 4 aromatic rings. The first-order valence-electron chi connectivity index (χ1n) is 28.3. The van der Waals surface area contributed by atoms with Gasteiger partial charge in [-0.3, -0.25) is 0 Å². The lowest BCUT2D eigenvalue weighted by Gasteiger charge is -2.33. The van der Waals surface area contributed by atoms with Crippen LogP contribution in [0.1, 0.15) is 178 Å². The van der Waals surface area contributed by atoms with Crippen molar-refractivity contribution in [1.82, 2.24) is 0 Å². The molecule has 4 aromatic carbocycles. The van der Waals surface area contributed by atoms with E-state index in [-0.39, 0.29) is 0 Å². The summed E-state index contributed by atoms with van der Waals surface area (Å²) in [5.74, 6) is 3.72. The lowest BCUT2D eigenvalue weighted by Crippen LogP contribution is -2.33. The summed E-state index contributed by atoms with van der Waals surface area (Å²) in [7, 11) is 0. The van der Waals surface area contributed by atoms with Crippen LogP contribution >= 0.6 is 0 Å². The van der Waals surface area contributed by atoms with Crippen molar-refractivity contribution in [1.29, 1.82) is 21.0 Å². The van der Waals surface area contributed by atoms with Crippen LogP contribution < -0.4 is 19.6 Å². The summed E-state index contributed by atoms with van der Waals surface area (Å²) in [5, 5.41) is 35.2. The fourth-order valence-electron chi connectivity index (χ4n) is 10.9. The fourth-order valence-corrected chi connectivity index (χ4v) is 10.9. The summed E-state index contributed by atoms with van der Waals surface area (Å²) in [6.45, 7) is 18.4. The molecule has 0 amide bonds. The molecular formula is C64H88N8. The molecule has 4 aliphatic rings. The van der Waals surface area contributed by atoms with Gasteiger partial charge >= 0.3 is 0 Å². The SMILES string of the molecule is CCCCC1CCN(c2ccc(C#N)cc2)CC1.CCCCC1CCN(c2ccc(C#N)cc2)CC1.CCCCC1CCN(c2ccc(C#N)cc2)CC1.CCCCC1CCN(c2ccc(C#N)cc2)CC1. The normalized spacial score (nSPS) is 16.6. The van der Waals surface area contributed by atoms with Gasteiger partial charge in [0.2, 0.25) is 0 Å². The molecule has 0 unspecified atom stereocenters. The molecule has 0 bridgehead atoms. The Hall–Kier alpha value is -5.96. The number of rotatable bonds is 16. The van der Waals surface area contributed by atoms with Gasteiger partial charge in [-0.2, -0.15) is 21.0 Å². The van der Waals surface area contributed by atoms with Gasteiger partial charge in [-0.05, 0) is 172 Å². The average molecular weight is 969 g/mol. The van der Waals surface area contributed by atoms with Crippen LogP contribution in [0, 0.1) is 69.0 Å². The molecular weight excluding hydrogens is 881 g/mol. The van der Waals surface area contributed by atoms with Crippen molar-refractivity contribution in [2.45, 2.75) is 156 Å². The Balaban J connectivity index is 0.000000178. The third-order valence-electron chi connectivity index (χ3n) is 15.8. The maximum atomic E-state index is 8.79. The minimum absolute atomic E-state index is 0.747. The molecule has 0 radical (unpaired) electrons. The van der Waals surface area contributed by atoms with Gasteiger partial charge in [-0.1, -0.05) is 105 Å². The van der Waals surface area contributed by atoms with Crippen molar-refractivity contribution in [3.63, 3.8) is 0 Å². The highest BCUT2D eigenvalue weighted by Crippen LogP contribution is 2.30. The molecule has 0 aliphatic carbocycles. The van der Waals surface area contributed by atoms with E-state index in [1.54, 1.807) is 0 Å². The van der Waals surface area contributed by atoms with Gasteiger partial charge in [-0.15, -0.1) is 0 Å². The second kappa shape index (κ2) is 32.9. The zero-order chi connectivity index (χ0) is 51.2. The molecule has 0 saturated carbocycles. The zero-order valence-electron chi connectivity index (χ0n) is 44.9. The first-order chi connectivity index (χ1) is 35.3. The van der Waals surface area contributed by atoms with Crippen LogP contribution in [0.15, 0.2) is 97.1 Å². The Morgan fingerprint density at radius 2 is 0.472 bits per heavy atom. The highest BCUT2D eigenvalue weighted by atomic mass is 15.1. The number of hydrogen-bond acceptors (Lipinski definition) is 8. The summed E-state index contributed by atoms with van der Waals surface area (Å²) >= 11 is 0. The second-order valence-corrected chi connectivity index (χ2v) is 20.9.